The van der Waals surface area contributed by atoms with E-state index in [0.717, 1.165) is 87.9 Å². The van der Waals surface area contributed by atoms with Gasteiger partial charge in [-0.15, -0.1) is 0 Å². The minimum absolute atomic E-state index is 0.204. The van der Waals surface area contributed by atoms with Crippen molar-refractivity contribution in [2.75, 3.05) is 0 Å². The predicted molar refractivity (Wildman–Crippen MR) is 221 cm³/mol. The first-order chi connectivity index (χ1) is 25.0. The Kier molecular flexibility index (Phi) is 10.6. The number of aromatic hydroxyl groups is 1. The van der Waals surface area contributed by atoms with E-state index < -0.39 is 5.41 Å². The highest BCUT2D eigenvalue weighted by atomic mass is 16.5. The number of ether oxygens (including phenoxy) is 1. The van der Waals surface area contributed by atoms with Crippen molar-refractivity contribution < 1.29 is 14.6 Å². The molecule has 6 aromatic carbocycles. The van der Waals surface area contributed by atoms with E-state index in [-0.39, 0.29) is 11.7 Å². The van der Waals surface area contributed by atoms with Crippen molar-refractivity contribution in [1.29, 1.82) is 0 Å². The van der Waals surface area contributed by atoms with E-state index in [0.29, 0.717) is 11.3 Å². The van der Waals surface area contributed by atoms with Gasteiger partial charge in [0.15, 0.2) is 0 Å². The Labute approximate surface area is 310 Å². The zero-order valence-corrected chi connectivity index (χ0v) is 32.6. The maximum absolute atomic E-state index is 14.1. The quantitative estimate of drug-likeness (QED) is 0.115. The van der Waals surface area contributed by atoms with Crippen molar-refractivity contribution in [2.24, 2.45) is 5.41 Å². The summed E-state index contributed by atoms with van der Waals surface area (Å²) in [5.74, 6) is 0.385. The first-order valence-electron chi connectivity index (χ1n) is 19.3. The number of hydrogen-bond acceptors (Lipinski definition) is 3. The second kappa shape index (κ2) is 15.0. The van der Waals surface area contributed by atoms with Crippen LogP contribution in [-0.4, -0.2) is 11.1 Å². The van der Waals surface area contributed by atoms with Crippen LogP contribution in [0.15, 0.2) is 84.9 Å². The van der Waals surface area contributed by atoms with Crippen molar-refractivity contribution in [3.8, 4) is 44.9 Å². The van der Waals surface area contributed by atoms with Gasteiger partial charge < -0.3 is 9.84 Å². The Bertz CT molecular complexity index is 2250. The second-order valence-electron chi connectivity index (χ2n) is 15.1. The lowest BCUT2D eigenvalue weighted by Crippen LogP contribution is -2.26. The van der Waals surface area contributed by atoms with E-state index >= 15 is 0 Å². The number of hydrogen-bond donors (Lipinski definition) is 1. The van der Waals surface area contributed by atoms with Gasteiger partial charge in [0.05, 0.1) is 5.41 Å². The lowest BCUT2D eigenvalue weighted by molar-refractivity contribution is -0.142. The molecule has 0 spiro atoms. The van der Waals surface area contributed by atoms with Gasteiger partial charge in [0, 0.05) is 22.3 Å². The number of esters is 1. The van der Waals surface area contributed by atoms with Crippen LogP contribution in [0.2, 0.25) is 0 Å². The summed E-state index contributed by atoms with van der Waals surface area (Å²) in [5.41, 5.74) is 12.1. The number of rotatable bonds is 10. The molecule has 0 aliphatic carbocycles. The van der Waals surface area contributed by atoms with Gasteiger partial charge in [-0.1, -0.05) is 114 Å². The van der Waals surface area contributed by atoms with Gasteiger partial charge in [0.1, 0.15) is 11.5 Å². The molecule has 268 valence electrons. The maximum atomic E-state index is 14.1. The number of carbonyl (C=O) groups excluding carboxylic acids is 1. The smallest absolute Gasteiger partial charge is 0.316 e. The number of phenolic OH excluding ortho intramolecular Hbond substituents is 1. The van der Waals surface area contributed by atoms with Crippen LogP contribution >= 0.6 is 0 Å². The summed E-state index contributed by atoms with van der Waals surface area (Å²) < 4.78 is 6.73. The van der Waals surface area contributed by atoms with E-state index in [2.05, 4.69) is 114 Å². The summed E-state index contributed by atoms with van der Waals surface area (Å²) in [4.78, 5) is 14.1. The van der Waals surface area contributed by atoms with E-state index in [1.807, 2.05) is 32.9 Å². The molecule has 3 nitrogen and oxygen atoms in total. The number of carbonyl (C=O) groups is 1. The van der Waals surface area contributed by atoms with Gasteiger partial charge in [-0.25, -0.2) is 0 Å². The van der Waals surface area contributed by atoms with Crippen LogP contribution in [0.1, 0.15) is 95.7 Å². The zero-order chi connectivity index (χ0) is 37.3. The topological polar surface area (TPSA) is 46.5 Å². The summed E-state index contributed by atoms with van der Waals surface area (Å²) in [6.07, 6.45) is 5.26. The van der Waals surface area contributed by atoms with Crippen molar-refractivity contribution >= 4 is 27.5 Å². The van der Waals surface area contributed by atoms with Crippen molar-refractivity contribution in [3.05, 3.63) is 118 Å². The molecule has 1 N–H and O–H groups in total. The maximum Gasteiger partial charge on any atom is 0.316 e. The molecule has 0 aliphatic heterocycles. The lowest BCUT2D eigenvalue weighted by atomic mass is 9.82. The summed E-state index contributed by atoms with van der Waals surface area (Å²) in [7, 11) is 0. The SMILES string of the molecule is CCc1cc(CC)c(-c2cc3ccccc3c(-c3c(OC(=O)C(C)(C)C)c(-c4c(CC)cc(CC)cc4CC)cc4ccccc34)c2O)c(CC)c1. The molecule has 0 atom stereocenters. The predicted octanol–water partition coefficient (Wildman–Crippen LogP) is 13.0. The minimum atomic E-state index is -0.757. The Hall–Kier alpha value is -4.89. The van der Waals surface area contributed by atoms with Gasteiger partial charge in [-0.05, 0) is 137 Å². The third-order valence-corrected chi connectivity index (χ3v) is 10.7. The molecule has 0 aliphatic rings. The summed E-state index contributed by atoms with van der Waals surface area (Å²) in [6.45, 7) is 18.9. The molecule has 0 heterocycles. The molecule has 6 rings (SSSR count). The third-order valence-electron chi connectivity index (χ3n) is 10.7. The summed E-state index contributed by atoms with van der Waals surface area (Å²) >= 11 is 0. The number of benzene rings is 6. The standard InChI is InChI=1S/C49H54O3/c1-10-30-24-32(12-3)42(33(13-4)25-30)40-28-36-20-16-18-22-38(36)44(46(40)50)45-39-23-19-17-21-37(39)29-41(47(45)52-48(51)49(7,8)9)43-34(14-5)26-31(11-2)27-35(43)15-6/h16-29,50H,10-15H2,1-9H3. The fourth-order valence-electron chi connectivity index (χ4n) is 7.79. The van der Waals surface area contributed by atoms with Crippen molar-refractivity contribution in [3.63, 3.8) is 0 Å². The molecule has 3 heteroatoms. The molecule has 52 heavy (non-hydrogen) atoms. The van der Waals surface area contributed by atoms with Crippen molar-refractivity contribution in [2.45, 2.75) is 101 Å². The average molecular weight is 691 g/mol. The van der Waals surface area contributed by atoms with Gasteiger partial charge in [0.25, 0.3) is 0 Å². The second-order valence-corrected chi connectivity index (χ2v) is 15.1. The van der Waals surface area contributed by atoms with E-state index in [4.69, 9.17) is 4.74 Å². The first kappa shape index (κ1) is 36.9. The minimum Gasteiger partial charge on any atom is -0.507 e. The monoisotopic (exact) mass is 690 g/mol. The molecule has 0 fully saturated rings. The van der Waals surface area contributed by atoms with Crippen LogP contribution in [0.5, 0.6) is 11.5 Å². The lowest BCUT2D eigenvalue weighted by Gasteiger charge is -2.26. The molecule has 0 aromatic heterocycles. The number of aryl methyl sites for hydroxylation is 6. The first-order valence-corrected chi connectivity index (χ1v) is 19.3. The number of fused-ring (bicyclic) bond motifs is 2. The largest absolute Gasteiger partial charge is 0.507 e. The normalized spacial score (nSPS) is 11.8. The van der Waals surface area contributed by atoms with E-state index in [1.165, 1.54) is 33.4 Å². The van der Waals surface area contributed by atoms with Crippen LogP contribution < -0.4 is 4.74 Å². The third kappa shape index (κ3) is 6.62. The van der Waals surface area contributed by atoms with Crippen LogP contribution in [0.25, 0.3) is 54.9 Å². The molecular formula is C49H54O3. The van der Waals surface area contributed by atoms with Gasteiger partial charge in [0.2, 0.25) is 0 Å². The van der Waals surface area contributed by atoms with Crippen LogP contribution in [-0.2, 0) is 43.3 Å². The van der Waals surface area contributed by atoms with Crippen molar-refractivity contribution in [1.82, 2.24) is 0 Å². The van der Waals surface area contributed by atoms with Gasteiger partial charge in [-0.2, -0.15) is 0 Å². The molecule has 0 amide bonds. The fourth-order valence-corrected chi connectivity index (χ4v) is 7.79. The van der Waals surface area contributed by atoms with Crippen LogP contribution in [0.4, 0.5) is 0 Å². The molecule has 0 bridgehead atoms. The highest BCUT2D eigenvalue weighted by molar-refractivity contribution is 6.15. The van der Waals surface area contributed by atoms with Gasteiger partial charge >= 0.3 is 5.97 Å². The van der Waals surface area contributed by atoms with Crippen LogP contribution in [0, 0.1) is 5.41 Å². The molecule has 0 radical (unpaired) electrons. The van der Waals surface area contributed by atoms with Crippen LogP contribution in [0.3, 0.4) is 0 Å². The highest BCUT2D eigenvalue weighted by Gasteiger charge is 2.31. The fraction of sp³-hybridized carbons (Fsp3) is 0.327. The zero-order valence-electron chi connectivity index (χ0n) is 32.6. The van der Waals surface area contributed by atoms with Gasteiger partial charge in [-0.3, -0.25) is 4.79 Å². The Balaban J connectivity index is 1.85. The number of phenols is 1. The Morgan fingerprint density at radius 1 is 0.538 bits per heavy atom. The highest BCUT2D eigenvalue weighted by Crippen LogP contribution is 2.53. The summed E-state index contributed by atoms with van der Waals surface area (Å²) in [5, 5.41) is 16.8. The van der Waals surface area contributed by atoms with E-state index in [9.17, 15) is 9.90 Å². The average Bonchev–Trinajstić information content (AvgIpc) is 3.16. The molecule has 0 unspecified atom stereocenters. The molecule has 0 saturated heterocycles. The Morgan fingerprint density at radius 3 is 1.37 bits per heavy atom. The Morgan fingerprint density at radius 2 is 0.942 bits per heavy atom. The molecular weight excluding hydrogens is 637 g/mol. The van der Waals surface area contributed by atoms with E-state index in [1.54, 1.807) is 0 Å². The molecule has 0 saturated carbocycles. The summed E-state index contributed by atoms with van der Waals surface area (Å²) in [6, 6.07) is 30.2. The molecule has 6 aromatic rings.